The normalized spacial score (nSPS) is 12.6. The van der Waals surface area contributed by atoms with Gasteiger partial charge in [-0.05, 0) is 30.5 Å². The van der Waals surface area contributed by atoms with E-state index in [9.17, 15) is 15.0 Å². The lowest BCUT2D eigenvalue weighted by atomic mass is 9.97. The van der Waals surface area contributed by atoms with E-state index in [-0.39, 0.29) is 23.8 Å². The Labute approximate surface area is 111 Å². The summed E-state index contributed by atoms with van der Waals surface area (Å²) in [5.41, 5.74) is 0.658. The van der Waals surface area contributed by atoms with Gasteiger partial charge in [0.25, 0.3) is 0 Å². The monoisotopic (exact) mass is 272 g/mol. The van der Waals surface area contributed by atoms with Crippen LogP contribution in [0.15, 0.2) is 12.1 Å². The average Bonchev–Trinajstić information content (AvgIpc) is 2.30. The van der Waals surface area contributed by atoms with Crippen molar-refractivity contribution in [2.75, 3.05) is 6.61 Å². The van der Waals surface area contributed by atoms with E-state index in [4.69, 9.17) is 16.3 Å². The number of phenols is 1. The minimum Gasteiger partial charge on any atom is -0.507 e. The van der Waals surface area contributed by atoms with Crippen LogP contribution >= 0.6 is 11.6 Å². The highest BCUT2D eigenvalue weighted by atomic mass is 35.5. The second kappa shape index (κ2) is 6.07. The second-order valence-corrected chi connectivity index (χ2v) is 4.68. The molecular weight excluding hydrogens is 256 g/mol. The third kappa shape index (κ3) is 3.15. The molecule has 0 aromatic heterocycles. The quantitative estimate of drug-likeness (QED) is 0.827. The number of aliphatic hydroxyl groups is 1. The zero-order valence-corrected chi connectivity index (χ0v) is 11.4. The third-order valence-electron chi connectivity index (χ3n) is 2.56. The van der Waals surface area contributed by atoms with Crippen molar-refractivity contribution in [3.05, 3.63) is 28.3 Å². The smallest absolute Gasteiger partial charge is 0.339 e. The van der Waals surface area contributed by atoms with Crippen molar-refractivity contribution >= 4 is 17.6 Å². The van der Waals surface area contributed by atoms with Crippen LogP contribution in [0.3, 0.4) is 0 Å². The number of rotatable bonds is 4. The molecule has 1 aromatic carbocycles. The predicted octanol–water partition coefficient (Wildman–Crippen LogP) is 2.77. The number of phenolic OH excluding ortho intramolecular Hbond substituents is 1. The van der Waals surface area contributed by atoms with E-state index in [2.05, 4.69) is 0 Å². The van der Waals surface area contributed by atoms with Gasteiger partial charge in [-0.2, -0.15) is 0 Å². The fourth-order valence-corrected chi connectivity index (χ4v) is 1.87. The first-order valence-electron chi connectivity index (χ1n) is 5.75. The Morgan fingerprint density at radius 1 is 1.39 bits per heavy atom. The number of benzene rings is 1. The first-order chi connectivity index (χ1) is 8.38. The minimum absolute atomic E-state index is 0.0249. The Morgan fingerprint density at radius 2 is 1.94 bits per heavy atom. The summed E-state index contributed by atoms with van der Waals surface area (Å²) in [7, 11) is 0. The lowest BCUT2D eigenvalue weighted by Crippen LogP contribution is -2.16. The Balaban J connectivity index is 3.20. The number of hydrogen-bond acceptors (Lipinski definition) is 4. The van der Waals surface area contributed by atoms with E-state index in [1.54, 1.807) is 13.0 Å². The van der Waals surface area contributed by atoms with Crippen LogP contribution in [0.5, 0.6) is 5.75 Å². The molecule has 1 unspecified atom stereocenters. The highest BCUT2D eigenvalue weighted by Gasteiger charge is 2.24. The third-order valence-corrected chi connectivity index (χ3v) is 2.78. The van der Waals surface area contributed by atoms with E-state index in [0.717, 1.165) is 0 Å². The second-order valence-electron chi connectivity index (χ2n) is 4.24. The zero-order valence-electron chi connectivity index (χ0n) is 10.6. The summed E-state index contributed by atoms with van der Waals surface area (Å²) in [6.45, 7) is 5.56. The van der Waals surface area contributed by atoms with Crippen LogP contribution in [0.1, 0.15) is 43.9 Å². The number of halogens is 1. The van der Waals surface area contributed by atoms with E-state index >= 15 is 0 Å². The number of carbonyl (C=O) groups excluding carboxylic acids is 1. The topological polar surface area (TPSA) is 66.8 Å². The van der Waals surface area contributed by atoms with Gasteiger partial charge < -0.3 is 14.9 Å². The molecule has 100 valence electrons. The molecule has 18 heavy (non-hydrogen) atoms. The molecule has 0 aliphatic heterocycles. The number of aromatic hydroxyl groups is 1. The maximum Gasteiger partial charge on any atom is 0.339 e. The van der Waals surface area contributed by atoms with Gasteiger partial charge in [-0.15, -0.1) is 0 Å². The fourth-order valence-electron chi connectivity index (χ4n) is 1.64. The van der Waals surface area contributed by atoms with Crippen LogP contribution in [-0.2, 0) is 9.53 Å². The molecule has 0 amide bonds. The highest BCUT2D eigenvalue weighted by Crippen LogP contribution is 2.36. The first kappa shape index (κ1) is 14.8. The Kier molecular flexibility index (Phi) is 4.99. The Morgan fingerprint density at radius 3 is 2.44 bits per heavy atom. The molecule has 1 rings (SSSR count). The van der Waals surface area contributed by atoms with E-state index < -0.39 is 12.1 Å². The summed E-state index contributed by atoms with van der Waals surface area (Å²) in [5, 5.41) is 20.2. The first-order valence-corrected chi connectivity index (χ1v) is 6.13. The molecule has 0 bridgehead atoms. The molecule has 4 nitrogen and oxygen atoms in total. The molecule has 0 heterocycles. The predicted molar refractivity (Wildman–Crippen MR) is 68.8 cm³/mol. The summed E-state index contributed by atoms with van der Waals surface area (Å²) in [4.78, 5) is 11.5. The van der Waals surface area contributed by atoms with Gasteiger partial charge in [0.15, 0.2) is 6.10 Å². The summed E-state index contributed by atoms with van der Waals surface area (Å²) >= 11 is 5.92. The number of aliphatic hydroxyl groups excluding tert-OH is 1. The molecule has 1 aromatic rings. The number of hydrogen-bond donors (Lipinski definition) is 2. The van der Waals surface area contributed by atoms with Crippen molar-refractivity contribution < 1.29 is 19.7 Å². The van der Waals surface area contributed by atoms with Gasteiger partial charge >= 0.3 is 5.97 Å². The molecule has 0 aliphatic carbocycles. The van der Waals surface area contributed by atoms with Gasteiger partial charge in [-0.3, -0.25) is 0 Å². The summed E-state index contributed by atoms with van der Waals surface area (Å²) in [6, 6.07) is 2.98. The Hall–Kier alpha value is -1.26. The van der Waals surface area contributed by atoms with Crippen molar-refractivity contribution in [3.8, 4) is 5.75 Å². The van der Waals surface area contributed by atoms with Crippen LogP contribution in [-0.4, -0.2) is 22.8 Å². The Bertz CT molecular complexity index is 443. The van der Waals surface area contributed by atoms with Crippen LogP contribution in [0.4, 0.5) is 0 Å². The van der Waals surface area contributed by atoms with E-state index in [0.29, 0.717) is 10.6 Å². The standard InChI is InChI=1S/C13H17ClO4/c1-4-18-13(17)12(16)10-6-8(14)5-9(7(2)3)11(10)15/h5-7,12,15-16H,4H2,1-3H3. The molecular formula is C13H17ClO4. The molecule has 0 saturated heterocycles. The zero-order chi connectivity index (χ0) is 13.9. The van der Waals surface area contributed by atoms with Crippen molar-refractivity contribution in [1.82, 2.24) is 0 Å². The summed E-state index contributed by atoms with van der Waals surface area (Å²) in [5.74, 6) is -0.892. The van der Waals surface area contributed by atoms with Crippen molar-refractivity contribution in [3.63, 3.8) is 0 Å². The van der Waals surface area contributed by atoms with Crippen molar-refractivity contribution in [2.45, 2.75) is 32.8 Å². The lowest BCUT2D eigenvalue weighted by molar-refractivity contribution is -0.153. The van der Waals surface area contributed by atoms with E-state index in [1.807, 2.05) is 13.8 Å². The summed E-state index contributed by atoms with van der Waals surface area (Å²) in [6.07, 6.45) is -1.53. The van der Waals surface area contributed by atoms with Crippen LogP contribution in [0, 0.1) is 0 Å². The van der Waals surface area contributed by atoms with Gasteiger partial charge in [-0.25, -0.2) is 4.79 Å². The van der Waals surface area contributed by atoms with Crippen LogP contribution < -0.4 is 0 Å². The molecule has 1 atom stereocenters. The van der Waals surface area contributed by atoms with Gasteiger partial charge in [0.2, 0.25) is 0 Å². The van der Waals surface area contributed by atoms with Gasteiger partial charge in [-0.1, -0.05) is 25.4 Å². The molecule has 0 fully saturated rings. The van der Waals surface area contributed by atoms with Gasteiger partial charge in [0.05, 0.1) is 6.61 Å². The van der Waals surface area contributed by atoms with Crippen molar-refractivity contribution in [2.24, 2.45) is 0 Å². The minimum atomic E-state index is -1.53. The SMILES string of the molecule is CCOC(=O)C(O)c1cc(Cl)cc(C(C)C)c1O. The highest BCUT2D eigenvalue weighted by molar-refractivity contribution is 6.30. The molecule has 2 N–H and O–H groups in total. The van der Waals surface area contributed by atoms with E-state index in [1.165, 1.54) is 6.07 Å². The van der Waals surface area contributed by atoms with Crippen molar-refractivity contribution in [1.29, 1.82) is 0 Å². The lowest BCUT2D eigenvalue weighted by Gasteiger charge is -2.16. The maximum atomic E-state index is 11.5. The number of carbonyl (C=O) groups is 1. The molecule has 0 saturated carbocycles. The molecule has 5 heteroatoms. The molecule has 0 spiro atoms. The molecule has 0 radical (unpaired) electrons. The van der Waals surface area contributed by atoms with Crippen LogP contribution in [0.25, 0.3) is 0 Å². The number of ether oxygens (including phenoxy) is 1. The average molecular weight is 273 g/mol. The van der Waals surface area contributed by atoms with Gasteiger partial charge in [0, 0.05) is 10.6 Å². The largest absolute Gasteiger partial charge is 0.507 e. The van der Waals surface area contributed by atoms with Crippen LogP contribution in [0.2, 0.25) is 5.02 Å². The molecule has 0 aliphatic rings. The number of esters is 1. The maximum absolute atomic E-state index is 11.5. The summed E-state index contributed by atoms with van der Waals surface area (Å²) < 4.78 is 4.71. The fraction of sp³-hybridized carbons (Fsp3) is 0.462. The van der Waals surface area contributed by atoms with Gasteiger partial charge in [0.1, 0.15) is 5.75 Å².